The summed E-state index contributed by atoms with van der Waals surface area (Å²) in [6, 6.07) is 11.4. The molecule has 18 heavy (non-hydrogen) atoms. The van der Waals surface area contributed by atoms with Gasteiger partial charge in [0.1, 0.15) is 5.82 Å². The highest BCUT2D eigenvalue weighted by Gasteiger charge is 2.21. The molecule has 2 aromatic rings. The molecule has 2 N–H and O–H groups in total. The summed E-state index contributed by atoms with van der Waals surface area (Å²) in [5, 5.41) is 10.8. The van der Waals surface area contributed by atoms with E-state index < -0.39 is 0 Å². The van der Waals surface area contributed by atoms with Gasteiger partial charge in [-0.05, 0) is 29.9 Å². The van der Waals surface area contributed by atoms with Crippen LogP contribution in [0.5, 0.6) is 0 Å². The molecule has 94 valence electrons. The first kappa shape index (κ1) is 11.3. The van der Waals surface area contributed by atoms with Gasteiger partial charge >= 0.3 is 0 Å². The van der Waals surface area contributed by atoms with Crippen LogP contribution in [0.15, 0.2) is 30.3 Å². The van der Waals surface area contributed by atoms with Crippen LogP contribution in [0.2, 0.25) is 0 Å². The number of benzene rings is 1. The molecule has 1 heterocycles. The average molecular weight is 241 g/mol. The molecule has 1 aromatic heterocycles. The van der Waals surface area contributed by atoms with Crippen LogP contribution in [-0.2, 0) is 0 Å². The summed E-state index contributed by atoms with van der Waals surface area (Å²) < 4.78 is 0. The maximum atomic E-state index is 4.29. The molecule has 1 aromatic carbocycles. The first-order chi connectivity index (χ1) is 8.72. The normalized spacial score (nSPS) is 15.1. The van der Waals surface area contributed by atoms with Crippen molar-refractivity contribution in [3.63, 3.8) is 0 Å². The third-order valence-corrected chi connectivity index (χ3v) is 3.40. The molecule has 0 bridgehead atoms. The lowest BCUT2D eigenvalue weighted by atomic mass is 10.0. The summed E-state index contributed by atoms with van der Waals surface area (Å²) in [5.41, 5.74) is 3.64. The number of aromatic amines is 1. The van der Waals surface area contributed by atoms with E-state index in [1.165, 1.54) is 24.0 Å². The molecule has 1 aliphatic carbocycles. The first-order valence-electron chi connectivity index (χ1n) is 6.64. The van der Waals surface area contributed by atoms with Crippen molar-refractivity contribution in [2.75, 3.05) is 5.32 Å². The Hall–Kier alpha value is -1.77. The molecular formula is C15H19N3. The smallest absolute Gasteiger partial charge is 0.148 e. The summed E-state index contributed by atoms with van der Waals surface area (Å²) in [7, 11) is 0. The molecule has 0 saturated heterocycles. The molecule has 1 fully saturated rings. The second-order valence-corrected chi connectivity index (χ2v) is 5.36. The number of aromatic nitrogens is 2. The molecule has 0 atom stereocenters. The number of nitrogens with zero attached hydrogens (tertiary/aromatic N) is 1. The Balaban J connectivity index is 1.78. The van der Waals surface area contributed by atoms with Crippen LogP contribution >= 0.6 is 0 Å². The lowest BCUT2D eigenvalue weighted by Gasteiger charge is -2.05. The van der Waals surface area contributed by atoms with Gasteiger partial charge in [0.05, 0.1) is 5.69 Å². The van der Waals surface area contributed by atoms with Gasteiger partial charge in [-0.25, -0.2) is 0 Å². The van der Waals surface area contributed by atoms with E-state index in [1.54, 1.807) is 0 Å². The van der Waals surface area contributed by atoms with Crippen LogP contribution in [0.1, 0.15) is 38.2 Å². The van der Waals surface area contributed by atoms with E-state index in [2.05, 4.69) is 59.7 Å². The van der Waals surface area contributed by atoms with Gasteiger partial charge in [0.25, 0.3) is 0 Å². The Labute approximate surface area is 108 Å². The van der Waals surface area contributed by atoms with Gasteiger partial charge in [-0.3, -0.25) is 5.10 Å². The monoisotopic (exact) mass is 241 g/mol. The van der Waals surface area contributed by atoms with Gasteiger partial charge in [-0.2, -0.15) is 5.10 Å². The Morgan fingerprint density at radius 3 is 2.56 bits per heavy atom. The number of rotatable bonds is 4. The lowest BCUT2D eigenvalue weighted by molar-refractivity contribution is 0.867. The molecule has 0 spiro atoms. The Morgan fingerprint density at radius 2 is 1.94 bits per heavy atom. The lowest BCUT2D eigenvalue weighted by Crippen LogP contribution is -2.00. The predicted molar refractivity (Wildman–Crippen MR) is 74.8 cm³/mol. The highest BCUT2D eigenvalue weighted by atomic mass is 15.2. The predicted octanol–water partition coefficient (Wildman–Crippen LogP) is 3.77. The zero-order valence-corrected chi connectivity index (χ0v) is 10.9. The molecule has 1 saturated carbocycles. The maximum absolute atomic E-state index is 4.29. The minimum Gasteiger partial charge on any atom is -0.366 e. The van der Waals surface area contributed by atoms with Crippen molar-refractivity contribution in [3.8, 4) is 11.3 Å². The Morgan fingerprint density at radius 1 is 1.22 bits per heavy atom. The van der Waals surface area contributed by atoms with Crippen molar-refractivity contribution in [2.24, 2.45) is 0 Å². The molecular weight excluding hydrogens is 222 g/mol. The zero-order chi connectivity index (χ0) is 12.5. The fraction of sp³-hybridized carbons (Fsp3) is 0.400. The summed E-state index contributed by atoms with van der Waals surface area (Å²) in [5.74, 6) is 1.54. The third kappa shape index (κ3) is 2.40. The standard InChI is InChI=1S/C15H19N3/c1-10(2)11-3-5-12(6-4-11)14-9-15(18-17-14)16-13-7-8-13/h3-6,9-10,13H,7-8H2,1-2H3,(H2,16,17,18). The van der Waals surface area contributed by atoms with Crippen molar-refractivity contribution in [2.45, 2.75) is 38.6 Å². The fourth-order valence-corrected chi connectivity index (χ4v) is 2.03. The van der Waals surface area contributed by atoms with Crippen molar-refractivity contribution in [1.29, 1.82) is 0 Å². The second kappa shape index (κ2) is 4.48. The van der Waals surface area contributed by atoms with Crippen molar-refractivity contribution in [3.05, 3.63) is 35.9 Å². The molecule has 3 nitrogen and oxygen atoms in total. The van der Waals surface area contributed by atoms with Gasteiger partial charge in [-0.15, -0.1) is 0 Å². The topological polar surface area (TPSA) is 40.7 Å². The molecule has 0 radical (unpaired) electrons. The zero-order valence-electron chi connectivity index (χ0n) is 10.9. The van der Waals surface area contributed by atoms with E-state index in [4.69, 9.17) is 0 Å². The van der Waals surface area contributed by atoms with E-state index in [9.17, 15) is 0 Å². The molecule has 0 unspecified atom stereocenters. The van der Waals surface area contributed by atoms with E-state index in [0.717, 1.165) is 11.5 Å². The van der Waals surface area contributed by atoms with Crippen molar-refractivity contribution >= 4 is 5.82 Å². The SMILES string of the molecule is CC(C)c1ccc(-c2cc(NC3CC3)n[nH]2)cc1. The largest absolute Gasteiger partial charge is 0.366 e. The van der Waals surface area contributed by atoms with Gasteiger partial charge in [-0.1, -0.05) is 38.1 Å². The second-order valence-electron chi connectivity index (χ2n) is 5.36. The third-order valence-electron chi connectivity index (χ3n) is 3.40. The maximum Gasteiger partial charge on any atom is 0.148 e. The van der Waals surface area contributed by atoms with Crippen LogP contribution in [0, 0.1) is 0 Å². The van der Waals surface area contributed by atoms with Gasteiger partial charge in [0.2, 0.25) is 0 Å². The van der Waals surface area contributed by atoms with Gasteiger partial charge in [0, 0.05) is 12.1 Å². The van der Waals surface area contributed by atoms with Crippen molar-refractivity contribution < 1.29 is 0 Å². The fourth-order valence-electron chi connectivity index (χ4n) is 2.03. The summed E-state index contributed by atoms with van der Waals surface area (Å²) in [6.07, 6.45) is 2.54. The molecule has 1 aliphatic rings. The van der Waals surface area contributed by atoms with Crippen LogP contribution in [-0.4, -0.2) is 16.2 Å². The number of hydrogen-bond donors (Lipinski definition) is 2. The Bertz CT molecular complexity index is 521. The number of anilines is 1. The highest BCUT2D eigenvalue weighted by molar-refractivity contribution is 5.63. The summed E-state index contributed by atoms with van der Waals surface area (Å²) >= 11 is 0. The van der Waals surface area contributed by atoms with Crippen LogP contribution in [0.4, 0.5) is 5.82 Å². The van der Waals surface area contributed by atoms with Crippen molar-refractivity contribution in [1.82, 2.24) is 10.2 Å². The summed E-state index contributed by atoms with van der Waals surface area (Å²) in [6.45, 7) is 4.42. The quantitative estimate of drug-likeness (QED) is 0.855. The summed E-state index contributed by atoms with van der Waals surface area (Å²) in [4.78, 5) is 0. The van der Waals surface area contributed by atoms with Crippen LogP contribution in [0.3, 0.4) is 0 Å². The van der Waals surface area contributed by atoms with Crippen LogP contribution in [0.25, 0.3) is 11.3 Å². The van der Waals surface area contributed by atoms with E-state index in [1.807, 2.05) is 0 Å². The van der Waals surface area contributed by atoms with Gasteiger partial charge < -0.3 is 5.32 Å². The molecule has 0 amide bonds. The average Bonchev–Trinajstić information content (AvgIpc) is 3.05. The minimum absolute atomic E-state index is 0.577. The van der Waals surface area contributed by atoms with Gasteiger partial charge in [0.15, 0.2) is 0 Å². The molecule has 3 rings (SSSR count). The molecule has 3 heteroatoms. The molecule has 0 aliphatic heterocycles. The van der Waals surface area contributed by atoms with E-state index in [0.29, 0.717) is 12.0 Å². The first-order valence-corrected chi connectivity index (χ1v) is 6.64. The van der Waals surface area contributed by atoms with Crippen LogP contribution < -0.4 is 5.32 Å². The van der Waals surface area contributed by atoms with E-state index in [-0.39, 0.29) is 0 Å². The number of H-pyrrole nitrogens is 1. The number of hydrogen-bond acceptors (Lipinski definition) is 2. The Kier molecular flexibility index (Phi) is 2.82. The minimum atomic E-state index is 0.577. The number of nitrogens with one attached hydrogen (secondary N) is 2. The van der Waals surface area contributed by atoms with E-state index >= 15 is 0 Å². The highest BCUT2D eigenvalue weighted by Crippen LogP contribution is 2.26.